The zero-order chi connectivity index (χ0) is 18.7. The SMILES string of the molecule is Cc1c(C(=O)NCC(Cc2cccc3ccccc23)C(=O)O)cnn1C. The van der Waals surface area contributed by atoms with Crippen LogP contribution in [0.2, 0.25) is 0 Å². The highest BCUT2D eigenvalue weighted by Gasteiger charge is 2.21. The van der Waals surface area contributed by atoms with Crippen molar-refractivity contribution in [2.45, 2.75) is 13.3 Å². The molecule has 1 heterocycles. The van der Waals surface area contributed by atoms with Gasteiger partial charge in [0.25, 0.3) is 5.91 Å². The molecule has 0 saturated carbocycles. The number of nitrogens with one attached hydrogen (secondary N) is 1. The van der Waals surface area contributed by atoms with Gasteiger partial charge in [0.1, 0.15) is 0 Å². The van der Waals surface area contributed by atoms with E-state index in [2.05, 4.69) is 10.4 Å². The van der Waals surface area contributed by atoms with Crippen LogP contribution in [0, 0.1) is 12.8 Å². The molecule has 134 valence electrons. The molecule has 0 spiro atoms. The van der Waals surface area contributed by atoms with Crippen molar-refractivity contribution in [3.8, 4) is 0 Å². The van der Waals surface area contributed by atoms with Gasteiger partial charge in [-0.3, -0.25) is 14.3 Å². The number of fused-ring (bicyclic) bond motifs is 1. The smallest absolute Gasteiger partial charge is 0.308 e. The number of aliphatic carboxylic acids is 1. The maximum atomic E-state index is 12.3. The first-order chi connectivity index (χ1) is 12.5. The summed E-state index contributed by atoms with van der Waals surface area (Å²) in [5.41, 5.74) is 2.16. The van der Waals surface area contributed by atoms with Crippen LogP contribution in [0.3, 0.4) is 0 Å². The van der Waals surface area contributed by atoms with E-state index in [9.17, 15) is 14.7 Å². The number of carboxylic acid groups (broad SMARTS) is 1. The molecule has 2 N–H and O–H groups in total. The Kier molecular flexibility index (Phi) is 5.02. The first-order valence-electron chi connectivity index (χ1n) is 8.43. The topological polar surface area (TPSA) is 84.2 Å². The Morgan fingerprint density at radius 3 is 2.62 bits per heavy atom. The van der Waals surface area contributed by atoms with Crippen molar-refractivity contribution in [2.24, 2.45) is 13.0 Å². The third-order valence-corrected chi connectivity index (χ3v) is 4.68. The number of carbonyl (C=O) groups is 2. The number of hydrogen-bond donors (Lipinski definition) is 2. The maximum absolute atomic E-state index is 12.3. The van der Waals surface area contributed by atoms with Crippen molar-refractivity contribution in [2.75, 3.05) is 6.54 Å². The van der Waals surface area contributed by atoms with Gasteiger partial charge >= 0.3 is 5.97 Å². The van der Waals surface area contributed by atoms with Gasteiger partial charge in [0.05, 0.1) is 17.7 Å². The number of rotatable bonds is 6. The van der Waals surface area contributed by atoms with Crippen molar-refractivity contribution in [1.82, 2.24) is 15.1 Å². The van der Waals surface area contributed by atoms with Gasteiger partial charge in [-0.15, -0.1) is 0 Å². The molecule has 0 saturated heterocycles. The summed E-state index contributed by atoms with van der Waals surface area (Å²) in [6.07, 6.45) is 1.84. The van der Waals surface area contributed by atoms with Crippen LogP contribution in [0.25, 0.3) is 10.8 Å². The van der Waals surface area contributed by atoms with Gasteiger partial charge in [-0.1, -0.05) is 42.5 Å². The molecule has 3 rings (SSSR count). The van der Waals surface area contributed by atoms with E-state index in [0.29, 0.717) is 12.0 Å². The summed E-state index contributed by atoms with van der Waals surface area (Å²) in [4.78, 5) is 24.0. The first kappa shape index (κ1) is 17.7. The van der Waals surface area contributed by atoms with Crippen LogP contribution in [0.5, 0.6) is 0 Å². The Labute approximate surface area is 151 Å². The Morgan fingerprint density at radius 2 is 1.92 bits per heavy atom. The van der Waals surface area contributed by atoms with Crippen molar-refractivity contribution >= 4 is 22.6 Å². The quantitative estimate of drug-likeness (QED) is 0.715. The number of aromatic nitrogens is 2. The largest absolute Gasteiger partial charge is 0.481 e. The Bertz CT molecular complexity index is 957. The number of carbonyl (C=O) groups excluding carboxylic acids is 1. The fraction of sp³-hybridized carbons (Fsp3) is 0.250. The average Bonchev–Trinajstić information content (AvgIpc) is 2.97. The van der Waals surface area contributed by atoms with E-state index in [1.807, 2.05) is 42.5 Å². The molecule has 3 aromatic rings. The lowest BCUT2D eigenvalue weighted by Crippen LogP contribution is -2.34. The third kappa shape index (κ3) is 3.59. The van der Waals surface area contributed by atoms with E-state index in [4.69, 9.17) is 0 Å². The zero-order valence-corrected chi connectivity index (χ0v) is 14.8. The highest BCUT2D eigenvalue weighted by molar-refractivity contribution is 5.95. The molecule has 0 aliphatic carbocycles. The van der Waals surface area contributed by atoms with Crippen molar-refractivity contribution in [3.05, 3.63) is 65.5 Å². The van der Waals surface area contributed by atoms with Crippen LogP contribution < -0.4 is 5.32 Å². The average molecular weight is 351 g/mol. The van der Waals surface area contributed by atoms with Crippen molar-refractivity contribution in [1.29, 1.82) is 0 Å². The molecule has 6 heteroatoms. The van der Waals surface area contributed by atoms with Crippen LogP contribution in [-0.2, 0) is 18.3 Å². The molecule has 0 aliphatic heterocycles. The van der Waals surface area contributed by atoms with Crippen LogP contribution in [-0.4, -0.2) is 33.3 Å². The molecule has 1 amide bonds. The summed E-state index contributed by atoms with van der Waals surface area (Å²) in [7, 11) is 1.76. The van der Waals surface area contributed by atoms with Gasteiger partial charge in [-0.2, -0.15) is 5.10 Å². The van der Waals surface area contributed by atoms with Gasteiger partial charge in [-0.05, 0) is 29.7 Å². The summed E-state index contributed by atoms with van der Waals surface area (Å²) < 4.78 is 1.61. The van der Waals surface area contributed by atoms with Gasteiger partial charge in [-0.25, -0.2) is 0 Å². The van der Waals surface area contributed by atoms with Gasteiger partial charge in [0.2, 0.25) is 0 Å². The normalized spacial score (nSPS) is 12.1. The molecule has 6 nitrogen and oxygen atoms in total. The van der Waals surface area contributed by atoms with Gasteiger partial charge in [0.15, 0.2) is 0 Å². The Hall–Kier alpha value is -3.15. The first-order valence-corrected chi connectivity index (χ1v) is 8.43. The molecular formula is C20H21N3O3. The molecule has 1 atom stereocenters. The lowest BCUT2D eigenvalue weighted by atomic mass is 9.94. The number of amides is 1. The number of nitrogens with zero attached hydrogens (tertiary/aromatic N) is 2. The summed E-state index contributed by atoms with van der Waals surface area (Å²) in [6, 6.07) is 13.7. The number of benzene rings is 2. The van der Waals surface area contributed by atoms with Crippen LogP contribution in [0.4, 0.5) is 0 Å². The predicted molar refractivity (Wildman–Crippen MR) is 99.1 cm³/mol. The lowest BCUT2D eigenvalue weighted by molar-refractivity contribution is -0.141. The fourth-order valence-electron chi connectivity index (χ4n) is 3.02. The zero-order valence-electron chi connectivity index (χ0n) is 14.8. The summed E-state index contributed by atoms with van der Waals surface area (Å²) >= 11 is 0. The monoisotopic (exact) mass is 351 g/mol. The number of hydrogen-bond acceptors (Lipinski definition) is 3. The molecule has 2 aromatic carbocycles. The summed E-state index contributed by atoms with van der Waals surface area (Å²) in [5.74, 6) is -1.94. The maximum Gasteiger partial charge on any atom is 0.308 e. The van der Waals surface area contributed by atoms with E-state index in [1.54, 1.807) is 18.7 Å². The van der Waals surface area contributed by atoms with Crippen LogP contribution in [0.15, 0.2) is 48.7 Å². The minimum Gasteiger partial charge on any atom is -0.481 e. The van der Waals surface area contributed by atoms with Crippen molar-refractivity contribution < 1.29 is 14.7 Å². The molecule has 26 heavy (non-hydrogen) atoms. The minimum atomic E-state index is -0.929. The van der Waals surface area contributed by atoms with Gasteiger partial charge < -0.3 is 10.4 Å². The third-order valence-electron chi connectivity index (χ3n) is 4.68. The van der Waals surface area contributed by atoms with Gasteiger partial charge in [0, 0.05) is 19.3 Å². The van der Waals surface area contributed by atoms with Crippen molar-refractivity contribution in [3.63, 3.8) is 0 Å². The lowest BCUT2D eigenvalue weighted by Gasteiger charge is -2.15. The second-order valence-corrected chi connectivity index (χ2v) is 6.35. The Morgan fingerprint density at radius 1 is 1.19 bits per heavy atom. The summed E-state index contributed by atoms with van der Waals surface area (Å²) in [6.45, 7) is 1.86. The molecule has 1 unspecified atom stereocenters. The van der Waals surface area contributed by atoms with E-state index in [0.717, 1.165) is 22.0 Å². The van der Waals surface area contributed by atoms with Crippen LogP contribution >= 0.6 is 0 Å². The van der Waals surface area contributed by atoms with E-state index in [-0.39, 0.29) is 12.5 Å². The molecular weight excluding hydrogens is 330 g/mol. The molecule has 0 bridgehead atoms. The summed E-state index contributed by atoms with van der Waals surface area (Å²) in [5, 5.41) is 18.5. The fourth-order valence-corrected chi connectivity index (χ4v) is 3.02. The standard InChI is InChI=1S/C20H21N3O3/c1-13-18(12-22-23(13)2)19(24)21-11-16(20(25)26)10-15-8-5-7-14-6-3-4-9-17(14)15/h3-9,12,16H,10-11H2,1-2H3,(H,21,24)(H,25,26). The highest BCUT2D eigenvalue weighted by Crippen LogP contribution is 2.21. The second kappa shape index (κ2) is 7.39. The minimum absolute atomic E-state index is 0.0612. The highest BCUT2D eigenvalue weighted by atomic mass is 16.4. The van der Waals surface area contributed by atoms with E-state index >= 15 is 0 Å². The Balaban J connectivity index is 1.74. The molecule has 0 radical (unpaired) electrons. The second-order valence-electron chi connectivity index (χ2n) is 6.35. The van der Waals surface area contributed by atoms with Crippen LogP contribution in [0.1, 0.15) is 21.6 Å². The molecule has 0 fully saturated rings. The van der Waals surface area contributed by atoms with E-state index < -0.39 is 11.9 Å². The predicted octanol–water partition coefficient (Wildman–Crippen LogP) is 2.56. The molecule has 1 aromatic heterocycles. The van der Waals surface area contributed by atoms with E-state index in [1.165, 1.54) is 6.20 Å². The molecule has 0 aliphatic rings. The number of aryl methyl sites for hydroxylation is 1. The number of carboxylic acids is 1.